The predicted molar refractivity (Wildman–Crippen MR) is 45.4 cm³/mol. The van der Waals surface area contributed by atoms with E-state index in [-0.39, 0.29) is 12.3 Å². The lowest BCUT2D eigenvalue weighted by Crippen LogP contribution is -2.16. The summed E-state index contributed by atoms with van der Waals surface area (Å²) in [7, 11) is 0. The Hall–Kier alpha value is -1.32. The van der Waals surface area contributed by atoms with Crippen molar-refractivity contribution in [3.05, 3.63) is 18.2 Å². The van der Waals surface area contributed by atoms with Crippen molar-refractivity contribution < 1.29 is 4.79 Å². The van der Waals surface area contributed by atoms with E-state index in [1.54, 1.807) is 12.5 Å². The zero-order valence-electron chi connectivity index (χ0n) is 7.16. The van der Waals surface area contributed by atoms with Gasteiger partial charge in [0.1, 0.15) is 0 Å². The van der Waals surface area contributed by atoms with Crippen LogP contribution in [0.5, 0.6) is 0 Å². The van der Waals surface area contributed by atoms with Gasteiger partial charge in [0.2, 0.25) is 5.91 Å². The maximum atomic E-state index is 10.6. The summed E-state index contributed by atoms with van der Waals surface area (Å²) in [6.07, 6.45) is 4.71. The van der Waals surface area contributed by atoms with Crippen molar-refractivity contribution >= 4 is 5.91 Å². The lowest BCUT2D eigenvalue weighted by atomic mass is 10.3. The van der Waals surface area contributed by atoms with Gasteiger partial charge < -0.3 is 10.3 Å². The third-order valence-corrected chi connectivity index (χ3v) is 1.62. The number of imidazole rings is 1. The standard InChI is InChI=1S/C8H13N3O/c1-2-3-11-6-10-5-7(11)4-8(9)12/h5-6H,2-4H2,1H3,(H2,9,12). The van der Waals surface area contributed by atoms with E-state index < -0.39 is 0 Å². The maximum Gasteiger partial charge on any atom is 0.223 e. The van der Waals surface area contributed by atoms with E-state index in [2.05, 4.69) is 11.9 Å². The molecule has 2 N–H and O–H groups in total. The molecular weight excluding hydrogens is 154 g/mol. The van der Waals surface area contributed by atoms with E-state index >= 15 is 0 Å². The number of rotatable bonds is 4. The van der Waals surface area contributed by atoms with Crippen molar-refractivity contribution in [2.45, 2.75) is 26.3 Å². The smallest absolute Gasteiger partial charge is 0.223 e. The van der Waals surface area contributed by atoms with Gasteiger partial charge in [-0.2, -0.15) is 0 Å². The van der Waals surface area contributed by atoms with Gasteiger partial charge in [0.05, 0.1) is 12.7 Å². The summed E-state index contributed by atoms with van der Waals surface area (Å²) in [4.78, 5) is 14.6. The Morgan fingerprint density at radius 2 is 2.50 bits per heavy atom. The fraction of sp³-hybridized carbons (Fsp3) is 0.500. The summed E-state index contributed by atoms with van der Waals surface area (Å²) >= 11 is 0. The highest BCUT2D eigenvalue weighted by molar-refractivity contribution is 5.76. The Kier molecular flexibility index (Phi) is 2.85. The summed E-state index contributed by atoms with van der Waals surface area (Å²) in [5, 5.41) is 0. The summed E-state index contributed by atoms with van der Waals surface area (Å²) in [5.41, 5.74) is 5.96. The Labute approximate surface area is 71.4 Å². The minimum absolute atomic E-state index is 0.278. The van der Waals surface area contributed by atoms with Crippen LogP contribution in [0.15, 0.2) is 12.5 Å². The van der Waals surface area contributed by atoms with E-state index in [1.165, 1.54) is 0 Å². The molecule has 66 valence electrons. The van der Waals surface area contributed by atoms with Gasteiger partial charge in [0, 0.05) is 18.4 Å². The molecule has 0 radical (unpaired) electrons. The Balaban J connectivity index is 2.69. The Morgan fingerprint density at radius 3 is 3.08 bits per heavy atom. The molecule has 0 aliphatic carbocycles. The molecule has 4 nitrogen and oxygen atoms in total. The summed E-state index contributed by atoms with van der Waals surface area (Å²) in [6, 6.07) is 0. The van der Waals surface area contributed by atoms with Crippen LogP contribution < -0.4 is 5.73 Å². The maximum absolute atomic E-state index is 10.6. The molecule has 0 spiro atoms. The molecule has 0 bridgehead atoms. The molecule has 0 atom stereocenters. The Bertz CT molecular complexity index is 267. The van der Waals surface area contributed by atoms with Crippen LogP contribution in [-0.2, 0) is 17.8 Å². The number of aryl methyl sites for hydroxylation is 1. The van der Waals surface area contributed by atoms with Gasteiger partial charge in [-0.15, -0.1) is 0 Å². The van der Waals surface area contributed by atoms with E-state index in [9.17, 15) is 4.79 Å². The normalized spacial score (nSPS) is 10.1. The van der Waals surface area contributed by atoms with Gasteiger partial charge in [-0.1, -0.05) is 6.92 Å². The minimum Gasteiger partial charge on any atom is -0.369 e. The van der Waals surface area contributed by atoms with Crippen molar-refractivity contribution in [2.75, 3.05) is 0 Å². The number of amides is 1. The third-order valence-electron chi connectivity index (χ3n) is 1.62. The third kappa shape index (κ3) is 2.08. The summed E-state index contributed by atoms with van der Waals surface area (Å²) < 4.78 is 1.95. The number of nitrogens with zero attached hydrogens (tertiary/aromatic N) is 2. The van der Waals surface area contributed by atoms with E-state index in [1.807, 2.05) is 4.57 Å². The van der Waals surface area contributed by atoms with Crippen LogP contribution in [0.4, 0.5) is 0 Å². The number of carbonyl (C=O) groups excluding carboxylic acids is 1. The SMILES string of the molecule is CCCn1cncc1CC(N)=O. The van der Waals surface area contributed by atoms with Gasteiger partial charge in [-0.25, -0.2) is 4.98 Å². The first-order valence-electron chi connectivity index (χ1n) is 4.01. The van der Waals surface area contributed by atoms with Crippen LogP contribution in [0.2, 0.25) is 0 Å². The number of nitrogens with two attached hydrogens (primary N) is 1. The molecule has 0 aliphatic heterocycles. The van der Waals surface area contributed by atoms with Crippen molar-refractivity contribution in [2.24, 2.45) is 5.73 Å². The van der Waals surface area contributed by atoms with Crippen molar-refractivity contribution in [3.63, 3.8) is 0 Å². The molecule has 1 rings (SSSR count). The van der Waals surface area contributed by atoms with Crippen molar-refractivity contribution in [1.29, 1.82) is 0 Å². The van der Waals surface area contributed by atoms with E-state index in [4.69, 9.17) is 5.73 Å². The highest BCUT2D eigenvalue weighted by Crippen LogP contribution is 2.00. The van der Waals surface area contributed by atoms with Crippen LogP contribution in [-0.4, -0.2) is 15.5 Å². The molecule has 1 heterocycles. The zero-order chi connectivity index (χ0) is 8.97. The Morgan fingerprint density at radius 1 is 1.75 bits per heavy atom. The number of primary amides is 1. The molecule has 0 aromatic carbocycles. The van der Waals surface area contributed by atoms with Gasteiger partial charge in [0.25, 0.3) is 0 Å². The molecule has 0 fully saturated rings. The minimum atomic E-state index is -0.312. The lowest BCUT2D eigenvalue weighted by Gasteiger charge is -2.03. The molecule has 0 unspecified atom stereocenters. The number of aromatic nitrogens is 2. The topological polar surface area (TPSA) is 60.9 Å². The molecule has 1 amide bonds. The quantitative estimate of drug-likeness (QED) is 0.702. The number of hydrogen-bond acceptors (Lipinski definition) is 2. The molecule has 0 aliphatic rings. The van der Waals surface area contributed by atoms with Crippen LogP contribution in [0.1, 0.15) is 19.0 Å². The average molecular weight is 167 g/mol. The second-order valence-corrected chi connectivity index (χ2v) is 2.72. The zero-order valence-corrected chi connectivity index (χ0v) is 7.16. The van der Waals surface area contributed by atoms with Crippen LogP contribution in [0.3, 0.4) is 0 Å². The predicted octanol–water partition coefficient (Wildman–Crippen LogP) is 0.321. The molecule has 1 aromatic rings. The molecular formula is C8H13N3O. The lowest BCUT2D eigenvalue weighted by molar-refractivity contribution is -0.117. The summed E-state index contributed by atoms with van der Waals surface area (Å²) in [6.45, 7) is 2.97. The molecule has 0 saturated carbocycles. The van der Waals surface area contributed by atoms with Crippen LogP contribution in [0.25, 0.3) is 0 Å². The fourth-order valence-corrected chi connectivity index (χ4v) is 1.12. The largest absolute Gasteiger partial charge is 0.369 e. The second kappa shape index (κ2) is 3.90. The second-order valence-electron chi connectivity index (χ2n) is 2.72. The van der Waals surface area contributed by atoms with Crippen molar-refractivity contribution in [3.8, 4) is 0 Å². The highest BCUT2D eigenvalue weighted by Gasteiger charge is 2.03. The molecule has 4 heteroatoms. The van der Waals surface area contributed by atoms with Gasteiger partial charge in [0.15, 0.2) is 0 Å². The molecule has 0 saturated heterocycles. The first kappa shape index (κ1) is 8.77. The first-order chi connectivity index (χ1) is 5.74. The van der Waals surface area contributed by atoms with Crippen LogP contribution >= 0.6 is 0 Å². The number of hydrogen-bond donors (Lipinski definition) is 1. The highest BCUT2D eigenvalue weighted by atomic mass is 16.1. The molecule has 1 aromatic heterocycles. The fourth-order valence-electron chi connectivity index (χ4n) is 1.12. The van der Waals surface area contributed by atoms with E-state index in [0.29, 0.717) is 0 Å². The summed E-state index contributed by atoms with van der Waals surface area (Å²) in [5.74, 6) is -0.312. The van der Waals surface area contributed by atoms with Crippen molar-refractivity contribution in [1.82, 2.24) is 9.55 Å². The number of carbonyl (C=O) groups is 1. The molecule has 12 heavy (non-hydrogen) atoms. The van der Waals surface area contributed by atoms with Crippen LogP contribution in [0, 0.1) is 0 Å². The monoisotopic (exact) mass is 167 g/mol. The van der Waals surface area contributed by atoms with Gasteiger partial charge in [-0.05, 0) is 6.42 Å². The van der Waals surface area contributed by atoms with Gasteiger partial charge in [-0.3, -0.25) is 4.79 Å². The van der Waals surface area contributed by atoms with E-state index in [0.717, 1.165) is 18.7 Å². The van der Waals surface area contributed by atoms with Gasteiger partial charge >= 0.3 is 0 Å². The average Bonchev–Trinajstić information content (AvgIpc) is 2.37. The first-order valence-corrected chi connectivity index (χ1v) is 4.01.